The first-order valence-electron chi connectivity index (χ1n) is 8.23. The third-order valence-corrected chi connectivity index (χ3v) is 5.26. The lowest BCUT2D eigenvalue weighted by Crippen LogP contribution is -2.23. The first-order valence-corrected chi connectivity index (χ1v) is 9.72. The van der Waals surface area contributed by atoms with Crippen molar-refractivity contribution in [3.63, 3.8) is 0 Å². The molecule has 3 rings (SSSR count). The zero-order chi connectivity index (χ0) is 19.4. The van der Waals surface area contributed by atoms with Crippen LogP contribution in [0.4, 0.5) is 5.82 Å². The van der Waals surface area contributed by atoms with Crippen molar-refractivity contribution >= 4 is 21.7 Å². The number of carbonyl (C=O) groups is 1. The number of benzene rings is 2. The summed E-state index contributed by atoms with van der Waals surface area (Å²) in [6.07, 6.45) is 0. The Labute approximate surface area is 157 Å². The van der Waals surface area contributed by atoms with Crippen LogP contribution in [0.15, 0.2) is 64.0 Å². The number of nitrogens with one attached hydrogen (secondary N) is 2. The number of sulfonamides is 1. The molecular formula is C19H19N3O4S. The molecule has 0 bridgehead atoms. The summed E-state index contributed by atoms with van der Waals surface area (Å²) in [5.41, 5.74) is 2.25. The number of carbonyl (C=O) groups excluding carboxylic acids is 1. The highest BCUT2D eigenvalue weighted by atomic mass is 32.2. The van der Waals surface area contributed by atoms with E-state index in [-0.39, 0.29) is 11.4 Å². The van der Waals surface area contributed by atoms with Crippen molar-refractivity contribution in [1.82, 2.24) is 9.88 Å². The molecule has 0 fully saturated rings. The van der Waals surface area contributed by atoms with Gasteiger partial charge in [-0.1, -0.05) is 35.0 Å². The van der Waals surface area contributed by atoms with Gasteiger partial charge in [-0.2, -0.15) is 0 Å². The number of aryl methyl sites for hydroxylation is 2. The van der Waals surface area contributed by atoms with Crippen molar-refractivity contribution in [1.29, 1.82) is 0 Å². The van der Waals surface area contributed by atoms with E-state index in [1.54, 1.807) is 13.0 Å². The summed E-state index contributed by atoms with van der Waals surface area (Å²) in [5.74, 6) is 0.473. The fraction of sp³-hybridized carbons (Fsp3) is 0.158. The van der Waals surface area contributed by atoms with Gasteiger partial charge in [0.15, 0.2) is 5.82 Å². The van der Waals surface area contributed by atoms with Crippen LogP contribution in [-0.4, -0.2) is 19.5 Å². The van der Waals surface area contributed by atoms with Crippen LogP contribution < -0.4 is 10.0 Å². The Morgan fingerprint density at radius 2 is 1.81 bits per heavy atom. The predicted octanol–water partition coefficient (Wildman–Crippen LogP) is 3.02. The van der Waals surface area contributed by atoms with Gasteiger partial charge in [-0.05, 0) is 43.7 Å². The molecule has 0 saturated carbocycles. The molecule has 2 aromatic carbocycles. The van der Waals surface area contributed by atoms with Crippen molar-refractivity contribution in [2.24, 2.45) is 0 Å². The van der Waals surface area contributed by atoms with Gasteiger partial charge in [0.25, 0.3) is 5.91 Å². The van der Waals surface area contributed by atoms with E-state index in [0.29, 0.717) is 17.1 Å². The molecule has 1 heterocycles. The van der Waals surface area contributed by atoms with E-state index in [1.807, 2.05) is 31.2 Å². The second kappa shape index (κ2) is 7.73. The van der Waals surface area contributed by atoms with Crippen LogP contribution in [0.2, 0.25) is 0 Å². The van der Waals surface area contributed by atoms with E-state index < -0.39 is 15.9 Å². The second-order valence-electron chi connectivity index (χ2n) is 6.11. The molecule has 1 amide bonds. The molecule has 0 spiro atoms. The van der Waals surface area contributed by atoms with Crippen LogP contribution in [0.5, 0.6) is 0 Å². The van der Waals surface area contributed by atoms with E-state index in [0.717, 1.165) is 11.1 Å². The van der Waals surface area contributed by atoms with Gasteiger partial charge in [-0.25, -0.2) is 13.1 Å². The third-order valence-electron chi connectivity index (χ3n) is 3.85. The second-order valence-corrected chi connectivity index (χ2v) is 7.88. The predicted molar refractivity (Wildman–Crippen MR) is 101 cm³/mol. The van der Waals surface area contributed by atoms with Crippen LogP contribution in [0, 0.1) is 13.8 Å². The maximum Gasteiger partial charge on any atom is 0.256 e. The average Bonchev–Trinajstić information content (AvgIpc) is 3.05. The molecule has 0 saturated heterocycles. The fourth-order valence-corrected chi connectivity index (χ4v) is 3.50. The van der Waals surface area contributed by atoms with E-state index in [2.05, 4.69) is 15.2 Å². The molecule has 2 N–H and O–H groups in total. The van der Waals surface area contributed by atoms with Crippen molar-refractivity contribution < 1.29 is 17.7 Å². The molecule has 0 atom stereocenters. The molecular weight excluding hydrogens is 366 g/mol. The summed E-state index contributed by atoms with van der Waals surface area (Å²) < 4.78 is 32.3. The molecule has 0 aliphatic carbocycles. The van der Waals surface area contributed by atoms with Crippen LogP contribution >= 0.6 is 0 Å². The minimum atomic E-state index is -3.68. The molecule has 7 nitrogen and oxygen atoms in total. The zero-order valence-corrected chi connectivity index (χ0v) is 15.7. The van der Waals surface area contributed by atoms with Gasteiger partial charge in [-0.3, -0.25) is 4.79 Å². The van der Waals surface area contributed by atoms with Crippen LogP contribution in [0.25, 0.3) is 0 Å². The maximum atomic E-state index is 12.4. The largest absolute Gasteiger partial charge is 0.360 e. The Bertz CT molecular complexity index is 1060. The highest BCUT2D eigenvalue weighted by Gasteiger charge is 2.15. The summed E-state index contributed by atoms with van der Waals surface area (Å²) in [6, 6.07) is 14.9. The van der Waals surface area contributed by atoms with Crippen molar-refractivity contribution in [3.05, 3.63) is 77.0 Å². The molecule has 0 radical (unpaired) electrons. The van der Waals surface area contributed by atoms with Crippen molar-refractivity contribution in [2.75, 3.05) is 5.32 Å². The minimum absolute atomic E-state index is 0.0870. The third kappa shape index (κ3) is 4.81. The summed E-state index contributed by atoms with van der Waals surface area (Å²) >= 11 is 0. The molecule has 0 unspecified atom stereocenters. The monoisotopic (exact) mass is 385 g/mol. The Morgan fingerprint density at radius 1 is 1.07 bits per heavy atom. The number of hydrogen-bond acceptors (Lipinski definition) is 5. The first kappa shape index (κ1) is 18.8. The molecule has 8 heteroatoms. The summed E-state index contributed by atoms with van der Waals surface area (Å²) in [6.45, 7) is 3.85. The van der Waals surface area contributed by atoms with E-state index in [4.69, 9.17) is 4.52 Å². The average molecular weight is 385 g/mol. The number of hydrogen-bond donors (Lipinski definition) is 2. The maximum absolute atomic E-state index is 12.4. The molecule has 27 heavy (non-hydrogen) atoms. The number of anilines is 1. The lowest BCUT2D eigenvalue weighted by Gasteiger charge is -2.08. The van der Waals surface area contributed by atoms with Gasteiger partial charge < -0.3 is 9.84 Å². The van der Waals surface area contributed by atoms with Crippen molar-refractivity contribution in [3.8, 4) is 0 Å². The Hall–Kier alpha value is -2.97. The Morgan fingerprint density at radius 3 is 2.44 bits per heavy atom. The highest BCUT2D eigenvalue weighted by Crippen LogP contribution is 2.14. The van der Waals surface area contributed by atoms with Crippen LogP contribution in [0.1, 0.15) is 27.2 Å². The van der Waals surface area contributed by atoms with Gasteiger partial charge in [0, 0.05) is 18.2 Å². The smallest absolute Gasteiger partial charge is 0.256 e. The number of amides is 1. The normalized spacial score (nSPS) is 11.3. The molecule has 140 valence electrons. The van der Waals surface area contributed by atoms with Gasteiger partial charge in [0.2, 0.25) is 10.0 Å². The van der Waals surface area contributed by atoms with E-state index in [1.165, 1.54) is 24.3 Å². The Balaban J connectivity index is 1.67. The quantitative estimate of drug-likeness (QED) is 0.679. The SMILES string of the molecule is Cc1cccc(CNS(=O)(=O)c2ccc(C(=O)Nc3cc(C)on3)cc2)c1. The lowest BCUT2D eigenvalue weighted by atomic mass is 10.1. The summed E-state index contributed by atoms with van der Waals surface area (Å²) in [5, 5.41) is 6.26. The molecule has 0 aliphatic rings. The fourth-order valence-electron chi connectivity index (χ4n) is 2.48. The lowest BCUT2D eigenvalue weighted by molar-refractivity contribution is 0.102. The summed E-state index contributed by atoms with van der Waals surface area (Å²) in [4.78, 5) is 12.3. The zero-order valence-electron chi connectivity index (χ0n) is 14.9. The van der Waals surface area contributed by atoms with E-state index >= 15 is 0 Å². The molecule has 3 aromatic rings. The first-order chi connectivity index (χ1) is 12.8. The van der Waals surface area contributed by atoms with Crippen LogP contribution in [0.3, 0.4) is 0 Å². The standard InChI is InChI=1S/C19H19N3O4S/c1-13-4-3-5-15(10-13)12-20-27(24,25)17-8-6-16(7-9-17)19(23)21-18-11-14(2)26-22-18/h3-11,20H,12H2,1-2H3,(H,21,22,23). The molecule has 1 aromatic heterocycles. The number of rotatable bonds is 6. The minimum Gasteiger partial charge on any atom is -0.360 e. The van der Waals surface area contributed by atoms with Gasteiger partial charge in [-0.15, -0.1) is 0 Å². The molecule has 0 aliphatic heterocycles. The number of nitrogens with zero attached hydrogens (tertiary/aromatic N) is 1. The highest BCUT2D eigenvalue weighted by molar-refractivity contribution is 7.89. The Kier molecular flexibility index (Phi) is 5.38. The van der Waals surface area contributed by atoms with Crippen molar-refractivity contribution in [2.45, 2.75) is 25.3 Å². The number of aromatic nitrogens is 1. The topological polar surface area (TPSA) is 101 Å². The van der Waals surface area contributed by atoms with Gasteiger partial charge in [0.05, 0.1) is 4.90 Å². The summed E-state index contributed by atoms with van der Waals surface area (Å²) in [7, 11) is -3.68. The van der Waals surface area contributed by atoms with Gasteiger partial charge >= 0.3 is 0 Å². The van der Waals surface area contributed by atoms with Crippen LogP contribution in [-0.2, 0) is 16.6 Å². The van der Waals surface area contributed by atoms with Gasteiger partial charge in [0.1, 0.15) is 5.76 Å². The van der Waals surface area contributed by atoms with E-state index in [9.17, 15) is 13.2 Å².